The molecule has 0 radical (unpaired) electrons. The molecule has 0 unspecified atom stereocenters. The highest BCUT2D eigenvalue weighted by Gasteiger charge is 2.09. The molecule has 2 rings (SSSR count). The fourth-order valence-electron chi connectivity index (χ4n) is 2.76. The van der Waals surface area contributed by atoms with Gasteiger partial charge in [-0.2, -0.15) is 0 Å². The van der Waals surface area contributed by atoms with Crippen LogP contribution in [0.25, 0.3) is 0 Å². The van der Waals surface area contributed by atoms with E-state index in [0.717, 1.165) is 19.3 Å². The second-order valence-corrected chi connectivity index (χ2v) is 6.13. The summed E-state index contributed by atoms with van der Waals surface area (Å²) in [6, 6.07) is 5.66. The van der Waals surface area contributed by atoms with Crippen molar-refractivity contribution in [3.05, 3.63) is 47.3 Å². The highest BCUT2D eigenvalue weighted by molar-refractivity contribution is 5.94. The van der Waals surface area contributed by atoms with Gasteiger partial charge in [0.05, 0.1) is 5.56 Å². The van der Waals surface area contributed by atoms with E-state index in [9.17, 15) is 14.0 Å². The average molecular weight is 347 g/mol. The van der Waals surface area contributed by atoms with Crippen LogP contribution in [-0.4, -0.2) is 31.6 Å². The van der Waals surface area contributed by atoms with E-state index in [4.69, 9.17) is 0 Å². The molecule has 25 heavy (non-hydrogen) atoms. The average Bonchev–Trinajstić information content (AvgIpc) is 2.62. The van der Waals surface area contributed by atoms with Gasteiger partial charge in [0, 0.05) is 19.6 Å². The second kappa shape index (κ2) is 10.5. The zero-order chi connectivity index (χ0) is 17.9. The SMILES string of the molecule is O=C(NCCCNC(=O)c1ccccc1F)NCCC1=CCCCC1. The van der Waals surface area contributed by atoms with Gasteiger partial charge in [-0.25, -0.2) is 9.18 Å². The van der Waals surface area contributed by atoms with Gasteiger partial charge >= 0.3 is 6.03 Å². The Morgan fingerprint density at radius 2 is 1.76 bits per heavy atom. The number of carbonyl (C=O) groups excluding carboxylic acids is 2. The molecule has 0 saturated carbocycles. The highest BCUT2D eigenvalue weighted by Crippen LogP contribution is 2.19. The minimum absolute atomic E-state index is 0.0326. The van der Waals surface area contributed by atoms with Crippen LogP contribution in [0, 0.1) is 5.82 Å². The first kappa shape index (κ1) is 19.0. The van der Waals surface area contributed by atoms with Crippen LogP contribution < -0.4 is 16.0 Å². The van der Waals surface area contributed by atoms with Crippen molar-refractivity contribution in [1.29, 1.82) is 0 Å². The van der Waals surface area contributed by atoms with Crippen LogP contribution in [0.2, 0.25) is 0 Å². The van der Waals surface area contributed by atoms with Crippen LogP contribution in [0.4, 0.5) is 9.18 Å². The first-order chi connectivity index (χ1) is 12.2. The summed E-state index contributed by atoms with van der Waals surface area (Å²) in [5.41, 5.74) is 1.47. The summed E-state index contributed by atoms with van der Waals surface area (Å²) >= 11 is 0. The molecular weight excluding hydrogens is 321 g/mol. The fraction of sp³-hybridized carbons (Fsp3) is 0.474. The fourth-order valence-corrected chi connectivity index (χ4v) is 2.76. The molecule has 1 aliphatic carbocycles. The summed E-state index contributed by atoms with van der Waals surface area (Å²) in [5, 5.41) is 8.23. The van der Waals surface area contributed by atoms with Gasteiger partial charge in [-0.15, -0.1) is 0 Å². The van der Waals surface area contributed by atoms with E-state index in [0.29, 0.717) is 26.1 Å². The number of hydrogen-bond acceptors (Lipinski definition) is 2. The first-order valence-electron chi connectivity index (χ1n) is 8.89. The monoisotopic (exact) mass is 347 g/mol. The standard InChI is InChI=1S/C19H26FN3O2/c20-17-10-5-4-9-16(17)18(24)21-12-6-13-22-19(25)23-14-11-15-7-2-1-3-8-15/h4-5,7,9-10H,1-3,6,8,11-14H2,(H,21,24)(H2,22,23,25). The Morgan fingerprint density at radius 3 is 2.52 bits per heavy atom. The van der Waals surface area contributed by atoms with Crippen molar-refractivity contribution in [1.82, 2.24) is 16.0 Å². The maximum absolute atomic E-state index is 13.4. The van der Waals surface area contributed by atoms with Crippen LogP contribution in [-0.2, 0) is 0 Å². The van der Waals surface area contributed by atoms with E-state index in [1.54, 1.807) is 12.1 Å². The number of hydrogen-bond donors (Lipinski definition) is 3. The molecule has 0 aliphatic heterocycles. The zero-order valence-electron chi connectivity index (χ0n) is 14.4. The largest absolute Gasteiger partial charge is 0.352 e. The van der Waals surface area contributed by atoms with Gasteiger partial charge < -0.3 is 16.0 Å². The minimum Gasteiger partial charge on any atom is -0.352 e. The molecule has 3 N–H and O–H groups in total. The number of carbonyl (C=O) groups is 2. The van der Waals surface area contributed by atoms with Crippen molar-refractivity contribution in [3.8, 4) is 0 Å². The molecule has 0 fully saturated rings. The summed E-state index contributed by atoms with van der Waals surface area (Å²) in [6.07, 6.45) is 8.58. The highest BCUT2D eigenvalue weighted by atomic mass is 19.1. The normalized spacial score (nSPS) is 13.7. The Hall–Kier alpha value is -2.37. The summed E-state index contributed by atoms with van der Waals surface area (Å²) in [5.74, 6) is -0.978. The third kappa shape index (κ3) is 6.95. The molecule has 0 heterocycles. The molecule has 0 aromatic heterocycles. The predicted molar refractivity (Wildman–Crippen MR) is 95.9 cm³/mol. The Labute approximate surface area is 148 Å². The molecule has 0 atom stereocenters. The van der Waals surface area contributed by atoms with Crippen molar-refractivity contribution in [2.45, 2.75) is 38.5 Å². The summed E-state index contributed by atoms with van der Waals surface area (Å²) < 4.78 is 13.4. The Kier molecular flexibility index (Phi) is 7.95. The Balaban J connectivity index is 1.52. The third-order valence-corrected chi connectivity index (χ3v) is 4.16. The number of halogens is 1. The summed E-state index contributed by atoms with van der Waals surface area (Å²) in [7, 11) is 0. The number of benzene rings is 1. The van der Waals surface area contributed by atoms with Crippen LogP contribution in [0.1, 0.15) is 48.9 Å². The molecule has 5 nitrogen and oxygen atoms in total. The maximum Gasteiger partial charge on any atom is 0.314 e. The number of allylic oxidation sites excluding steroid dienone is 1. The molecule has 136 valence electrons. The number of urea groups is 1. The van der Waals surface area contributed by atoms with Crippen molar-refractivity contribution >= 4 is 11.9 Å². The van der Waals surface area contributed by atoms with Crippen LogP contribution in [0.15, 0.2) is 35.9 Å². The van der Waals surface area contributed by atoms with Crippen molar-refractivity contribution < 1.29 is 14.0 Å². The van der Waals surface area contributed by atoms with Gasteiger partial charge in [0.1, 0.15) is 5.82 Å². The topological polar surface area (TPSA) is 70.2 Å². The smallest absolute Gasteiger partial charge is 0.314 e. The zero-order valence-corrected chi connectivity index (χ0v) is 14.4. The molecule has 0 spiro atoms. The van der Waals surface area contributed by atoms with Crippen molar-refractivity contribution in [2.24, 2.45) is 0 Å². The lowest BCUT2D eigenvalue weighted by atomic mass is 9.97. The summed E-state index contributed by atoms with van der Waals surface area (Å²) in [6.45, 7) is 1.47. The lowest BCUT2D eigenvalue weighted by Gasteiger charge is -2.13. The molecule has 1 aromatic carbocycles. The first-order valence-corrected chi connectivity index (χ1v) is 8.89. The van der Waals surface area contributed by atoms with E-state index in [-0.39, 0.29) is 11.6 Å². The molecule has 1 aromatic rings. The molecule has 6 heteroatoms. The van der Waals surface area contributed by atoms with Gasteiger partial charge in [-0.3, -0.25) is 4.79 Å². The quantitative estimate of drug-likeness (QED) is 0.499. The molecular formula is C19H26FN3O2. The number of nitrogens with one attached hydrogen (secondary N) is 3. The number of rotatable bonds is 8. The Morgan fingerprint density at radius 1 is 1.00 bits per heavy atom. The summed E-state index contributed by atoms with van der Waals surface area (Å²) in [4.78, 5) is 23.5. The van der Waals surface area contributed by atoms with Gasteiger partial charge in [0.25, 0.3) is 5.91 Å². The number of amides is 3. The van der Waals surface area contributed by atoms with E-state index in [2.05, 4.69) is 22.0 Å². The maximum atomic E-state index is 13.4. The van der Waals surface area contributed by atoms with Crippen molar-refractivity contribution in [2.75, 3.05) is 19.6 Å². The lowest BCUT2D eigenvalue weighted by molar-refractivity contribution is 0.0949. The van der Waals surface area contributed by atoms with Gasteiger partial charge in [0.2, 0.25) is 0 Å². The van der Waals surface area contributed by atoms with E-state index < -0.39 is 11.7 Å². The van der Waals surface area contributed by atoms with E-state index >= 15 is 0 Å². The molecule has 0 bridgehead atoms. The van der Waals surface area contributed by atoms with Gasteiger partial charge in [-0.05, 0) is 50.7 Å². The van der Waals surface area contributed by atoms with Gasteiger partial charge in [0.15, 0.2) is 0 Å². The second-order valence-electron chi connectivity index (χ2n) is 6.13. The van der Waals surface area contributed by atoms with Crippen LogP contribution in [0.3, 0.4) is 0 Å². The molecule has 0 saturated heterocycles. The Bertz CT molecular complexity index is 616. The lowest BCUT2D eigenvalue weighted by Crippen LogP contribution is -2.37. The predicted octanol–water partition coefficient (Wildman–Crippen LogP) is 3.14. The molecule has 3 amide bonds. The van der Waals surface area contributed by atoms with E-state index in [1.165, 1.54) is 30.5 Å². The van der Waals surface area contributed by atoms with Crippen LogP contribution in [0.5, 0.6) is 0 Å². The van der Waals surface area contributed by atoms with E-state index in [1.807, 2.05) is 0 Å². The molecule has 1 aliphatic rings. The van der Waals surface area contributed by atoms with Gasteiger partial charge in [-0.1, -0.05) is 23.8 Å². The third-order valence-electron chi connectivity index (χ3n) is 4.16. The van der Waals surface area contributed by atoms with Crippen molar-refractivity contribution in [3.63, 3.8) is 0 Å². The van der Waals surface area contributed by atoms with Crippen LogP contribution >= 0.6 is 0 Å². The minimum atomic E-state index is -0.536.